The Labute approximate surface area is 255 Å². The number of amides is 3. The minimum absolute atomic E-state index is 0.0419. The number of rotatable bonds is 16. The fourth-order valence-electron chi connectivity index (χ4n) is 6.55. The molecule has 4 N–H and O–H groups in total. The maximum atomic E-state index is 14.0. The third-order valence-electron chi connectivity index (χ3n) is 8.77. The van der Waals surface area contributed by atoms with Crippen molar-refractivity contribution in [2.75, 3.05) is 54.2 Å². The first-order chi connectivity index (χ1) is 20.7. The van der Waals surface area contributed by atoms with Crippen LogP contribution in [0.15, 0.2) is 42.5 Å². The summed E-state index contributed by atoms with van der Waals surface area (Å²) in [6.07, 6.45) is 3.42. The van der Waals surface area contributed by atoms with Gasteiger partial charge in [-0.05, 0) is 80.8 Å². The Bertz CT molecular complexity index is 1240. The third kappa shape index (κ3) is 7.92. The van der Waals surface area contributed by atoms with Crippen molar-refractivity contribution in [2.45, 2.75) is 51.1 Å². The number of benzene rings is 2. The summed E-state index contributed by atoms with van der Waals surface area (Å²) in [4.78, 5) is 28.5. The first-order valence-corrected chi connectivity index (χ1v) is 15.2. The minimum Gasteiger partial charge on any atom is -0.497 e. The number of nitrogens with zero attached hydrogens (tertiary/aromatic N) is 1. The molecule has 0 aromatic heterocycles. The Morgan fingerprint density at radius 2 is 1.84 bits per heavy atom. The number of carbonyl (C=O) groups excluding carboxylic acids is 2. The lowest BCUT2D eigenvalue weighted by Crippen LogP contribution is -2.61. The lowest BCUT2D eigenvalue weighted by molar-refractivity contribution is 0.0614. The van der Waals surface area contributed by atoms with Crippen molar-refractivity contribution in [3.8, 4) is 17.2 Å². The van der Waals surface area contributed by atoms with Crippen molar-refractivity contribution in [1.82, 2.24) is 15.5 Å². The number of hydrogen-bond donors (Lipinski definition) is 3. The van der Waals surface area contributed by atoms with E-state index in [0.717, 1.165) is 43.7 Å². The van der Waals surface area contributed by atoms with Crippen LogP contribution in [0.1, 0.15) is 49.0 Å². The highest BCUT2D eigenvalue weighted by Crippen LogP contribution is 2.49. The van der Waals surface area contributed by atoms with Gasteiger partial charge in [-0.3, -0.25) is 4.79 Å². The average Bonchev–Trinajstić information content (AvgIpc) is 3.75. The molecule has 10 heteroatoms. The van der Waals surface area contributed by atoms with Crippen LogP contribution in [0.2, 0.25) is 0 Å². The SMILES string of the molecule is COCCCOc1cc(C(=O)N(C[C@@H]2CNC[C@H]2C(Cc2cccc(OC)c2)(NC(N)=O)C2CC2)C(C)C)ccc1OC. The quantitative estimate of drug-likeness (QED) is 0.251. The van der Waals surface area contributed by atoms with Crippen LogP contribution in [-0.2, 0) is 11.2 Å². The van der Waals surface area contributed by atoms with Gasteiger partial charge in [0.2, 0.25) is 0 Å². The zero-order valence-electron chi connectivity index (χ0n) is 26.2. The van der Waals surface area contributed by atoms with Gasteiger partial charge in [0.25, 0.3) is 5.91 Å². The molecular formula is C33H48N4O6. The predicted octanol–water partition coefficient (Wildman–Crippen LogP) is 3.87. The van der Waals surface area contributed by atoms with E-state index in [1.54, 1.807) is 39.5 Å². The largest absolute Gasteiger partial charge is 0.497 e. The first kappa shape index (κ1) is 32.4. The van der Waals surface area contributed by atoms with Crippen molar-refractivity contribution < 1.29 is 28.5 Å². The van der Waals surface area contributed by atoms with Crippen LogP contribution >= 0.6 is 0 Å². The van der Waals surface area contributed by atoms with Gasteiger partial charge in [-0.1, -0.05) is 12.1 Å². The zero-order valence-corrected chi connectivity index (χ0v) is 26.2. The summed E-state index contributed by atoms with van der Waals surface area (Å²) >= 11 is 0. The van der Waals surface area contributed by atoms with Gasteiger partial charge in [-0.15, -0.1) is 0 Å². The molecule has 10 nitrogen and oxygen atoms in total. The van der Waals surface area contributed by atoms with Crippen molar-refractivity contribution in [1.29, 1.82) is 0 Å². The topological polar surface area (TPSA) is 124 Å². The fourth-order valence-corrected chi connectivity index (χ4v) is 6.55. The third-order valence-corrected chi connectivity index (χ3v) is 8.77. The number of primary amides is 1. The second-order valence-electron chi connectivity index (χ2n) is 12.0. The molecule has 1 aliphatic carbocycles. The molecule has 1 heterocycles. The molecule has 43 heavy (non-hydrogen) atoms. The molecule has 236 valence electrons. The van der Waals surface area contributed by atoms with Crippen LogP contribution in [-0.4, -0.2) is 82.6 Å². The molecular weight excluding hydrogens is 548 g/mol. The lowest BCUT2D eigenvalue weighted by Gasteiger charge is -2.44. The maximum Gasteiger partial charge on any atom is 0.312 e. The molecule has 2 aromatic carbocycles. The van der Waals surface area contributed by atoms with E-state index in [4.69, 9.17) is 24.7 Å². The summed E-state index contributed by atoms with van der Waals surface area (Å²) in [7, 11) is 4.90. The van der Waals surface area contributed by atoms with Gasteiger partial charge < -0.3 is 40.2 Å². The molecule has 1 saturated heterocycles. The standard InChI is InChI=1S/C33H48N4O6/c1-22(2)37(31(38)24-10-13-29(42-5)30(17-24)43-15-7-14-40-3)21-25-19-35-20-28(25)33(26-11-12-26,36-32(34)39)18-23-8-6-9-27(16-23)41-4/h6,8-10,13,16-17,22,25-26,28,35H,7,11-12,14-15,18-21H2,1-5H3,(H3,34,36,39)/t25-,28+,33?/m0/s1. The Hall–Kier alpha value is -3.50. The highest BCUT2D eigenvalue weighted by atomic mass is 16.5. The van der Waals surface area contributed by atoms with Crippen molar-refractivity contribution in [3.05, 3.63) is 53.6 Å². The number of methoxy groups -OCH3 is 3. The van der Waals surface area contributed by atoms with Crippen LogP contribution < -0.4 is 30.6 Å². The average molecular weight is 597 g/mol. The molecule has 3 amide bonds. The molecule has 0 radical (unpaired) electrons. The molecule has 2 aromatic rings. The van der Waals surface area contributed by atoms with Crippen molar-refractivity contribution in [2.24, 2.45) is 23.5 Å². The van der Waals surface area contributed by atoms with Gasteiger partial charge in [0.1, 0.15) is 5.75 Å². The summed E-state index contributed by atoms with van der Waals surface area (Å²) in [5.41, 5.74) is 6.92. The Morgan fingerprint density at radius 3 is 2.49 bits per heavy atom. The summed E-state index contributed by atoms with van der Waals surface area (Å²) in [5.74, 6) is 2.30. The summed E-state index contributed by atoms with van der Waals surface area (Å²) in [6.45, 7) is 7.12. The normalized spacial score (nSPS) is 19.5. The van der Waals surface area contributed by atoms with Gasteiger partial charge in [-0.25, -0.2) is 4.79 Å². The summed E-state index contributed by atoms with van der Waals surface area (Å²) in [6, 6.07) is 12.8. The molecule has 3 atom stereocenters. The van der Waals surface area contributed by atoms with E-state index in [1.807, 2.05) is 36.9 Å². The molecule has 1 saturated carbocycles. The van der Waals surface area contributed by atoms with E-state index in [9.17, 15) is 9.59 Å². The van der Waals surface area contributed by atoms with E-state index < -0.39 is 11.6 Å². The highest BCUT2D eigenvalue weighted by molar-refractivity contribution is 5.95. The van der Waals surface area contributed by atoms with Gasteiger partial charge in [-0.2, -0.15) is 0 Å². The molecule has 0 bridgehead atoms. The summed E-state index contributed by atoms with van der Waals surface area (Å²) < 4.78 is 22.0. The van der Waals surface area contributed by atoms with E-state index in [1.165, 1.54) is 0 Å². The molecule has 1 unspecified atom stereocenters. The zero-order chi connectivity index (χ0) is 31.0. The summed E-state index contributed by atoms with van der Waals surface area (Å²) in [5, 5.41) is 6.81. The minimum atomic E-state index is -0.540. The number of carbonyl (C=O) groups is 2. The fraction of sp³-hybridized carbons (Fsp3) is 0.576. The predicted molar refractivity (Wildman–Crippen MR) is 166 cm³/mol. The van der Waals surface area contributed by atoms with Crippen LogP contribution in [0.4, 0.5) is 4.79 Å². The number of nitrogens with two attached hydrogens (primary N) is 1. The van der Waals surface area contributed by atoms with Gasteiger partial charge in [0.15, 0.2) is 11.5 Å². The van der Waals surface area contributed by atoms with Crippen LogP contribution in [0, 0.1) is 17.8 Å². The number of ether oxygens (including phenoxy) is 4. The number of nitrogens with one attached hydrogen (secondary N) is 2. The lowest BCUT2D eigenvalue weighted by atomic mass is 9.70. The van der Waals surface area contributed by atoms with Gasteiger partial charge >= 0.3 is 6.03 Å². The Balaban J connectivity index is 1.60. The van der Waals surface area contributed by atoms with Gasteiger partial charge in [0, 0.05) is 57.3 Å². The van der Waals surface area contributed by atoms with Crippen molar-refractivity contribution >= 4 is 11.9 Å². The molecule has 0 spiro atoms. The van der Waals surface area contributed by atoms with E-state index in [-0.39, 0.29) is 23.8 Å². The van der Waals surface area contributed by atoms with E-state index >= 15 is 0 Å². The van der Waals surface area contributed by atoms with Gasteiger partial charge in [0.05, 0.1) is 26.4 Å². The Morgan fingerprint density at radius 1 is 1.05 bits per heavy atom. The van der Waals surface area contributed by atoms with Crippen LogP contribution in [0.3, 0.4) is 0 Å². The number of hydrogen-bond acceptors (Lipinski definition) is 7. The molecule has 2 fully saturated rings. The van der Waals surface area contributed by atoms with Crippen molar-refractivity contribution in [3.63, 3.8) is 0 Å². The highest BCUT2D eigenvalue weighted by Gasteiger charge is 2.54. The molecule has 1 aliphatic heterocycles. The van der Waals surface area contributed by atoms with E-state index in [2.05, 4.69) is 16.7 Å². The monoisotopic (exact) mass is 596 g/mol. The van der Waals surface area contributed by atoms with E-state index in [0.29, 0.717) is 49.2 Å². The second-order valence-corrected chi connectivity index (χ2v) is 12.0. The Kier molecular flexibility index (Phi) is 11.2. The number of urea groups is 1. The molecule has 2 aliphatic rings. The van der Waals surface area contributed by atoms with Crippen LogP contribution in [0.25, 0.3) is 0 Å². The second kappa shape index (κ2) is 14.8. The van der Waals surface area contributed by atoms with Crippen LogP contribution in [0.5, 0.6) is 17.2 Å². The maximum absolute atomic E-state index is 14.0. The smallest absolute Gasteiger partial charge is 0.312 e. The first-order valence-electron chi connectivity index (χ1n) is 15.2. The molecule has 4 rings (SSSR count).